The van der Waals surface area contributed by atoms with E-state index in [0.29, 0.717) is 10.6 Å². The quantitative estimate of drug-likeness (QED) is 0.635. The number of aromatic nitrogens is 2. The molecule has 0 aliphatic rings. The molecule has 2 heterocycles. The zero-order valence-corrected chi connectivity index (χ0v) is 16.9. The van der Waals surface area contributed by atoms with Crippen molar-refractivity contribution in [2.45, 2.75) is 27.5 Å². The molecule has 1 aromatic carbocycles. The standard InChI is InChI=1S/C20H21N3O4S/c1-12-5-6-13(2)17(9-12)27-11-23-8-7-16(22-23)18(24)21-19-15(20(25)26-4)10-14(3)28-19/h5-10H,11H2,1-4H3,(H,21,24). The maximum Gasteiger partial charge on any atom is 0.340 e. The molecule has 7 nitrogen and oxygen atoms in total. The first-order chi connectivity index (χ1) is 13.4. The van der Waals surface area contributed by atoms with Gasteiger partial charge in [-0.1, -0.05) is 12.1 Å². The fraction of sp³-hybridized carbons (Fsp3) is 0.250. The summed E-state index contributed by atoms with van der Waals surface area (Å²) in [6, 6.07) is 9.25. The van der Waals surface area contributed by atoms with Crippen LogP contribution in [0.4, 0.5) is 5.00 Å². The van der Waals surface area contributed by atoms with Crippen LogP contribution in [0.1, 0.15) is 36.9 Å². The molecule has 3 rings (SSSR count). The third kappa shape index (κ3) is 4.40. The summed E-state index contributed by atoms with van der Waals surface area (Å²) in [6.07, 6.45) is 1.67. The van der Waals surface area contributed by atoms with Crippen molar-refractivity contribution in [3.05, 3.63) is 63.8 Å². The summed E-state index contributed by atoms with van der Waals surface area (Å²) in [6.45, 7) is 6.01. The Morgan fingerprint density at radius 1 is 1.18 bits per heavy atom. The van der Waals surface area contributed by atoms with Crippen LogP contribution in [-0.4, -0.2) is 28.8 Å². The lowest BCUT2D eigenvalue weighted by Gasteiger charge is -2.09. The van der Waals surface area contributed by atoms with Gasteiger partial charge in [-0.05, 0) is 50.1 Å². The molecule has 1 amide bonds. The van der Waals surface area contributed by atoms with E-state index in [1.807, 2.05) is 39.0 Å². The second kappa shape index (κ2) is 8.26. The van der Waals surface area contributed by atoms with Gasteiger partial charge in [-0.15, -0.1) is 11.3 Å². The van der Waals surface area contributed by atoms with Gasteiger partial charge in [0.1, 0.15) is 10.8 Å². The Hall–Kier alpha value is -3.13. The van der Waals surface area contributed by atoms with Gasteiger partial charge in [-0.25, -0.2) is 9.48 Å². The maximum absolute atomic E-state index is 12.5. The van der Waals surface area contributed by atoms with Crippen LogP contribution in [0.5, 0.6) is 5.75 Å². The summed E-state index contributed by atoms with van der Waals surface area (Å²) < 4.78 is 12.1. The average Bonchev–Trinajstić information content (AvgIpc) is 3.28. The zero-order valence-electron chi connectivity index (χ0n) is 16.1. The molecule has 8 heteroatoms. The van der Waals surface area contributed by atoms with Gasteiger partial charge in [0.25, 0.3) is 5.91 Å². The number of benzene rings is 1. The largest absolute Gasteiger partial charge is 0.471 e. The number of thiophene rings is 1. The second-order valence-electron chi connectivity index (χ2n) is 6.33. The fourth-order valence-corrected chi connectivity index (χ4v) is 3.48. The van der Waals surface area contributed by atoms with E-state index in [1.54, 1.807) is 18.3 Å². The molecule has 0 radical (unpaired) electrons. The Labute approximate surface area is 166 Å². The molecule has 0 saturated heterocycles. The first kappa shape index (κ1) is 19.6. The lowest BCUT2D eigenvalue weighted by atomic mass is 10.1. The van der Waals surface area contributed by atoms with Crippen molar-refractivity contribution in [3.63, 3.8) is 0 Å². The molecule has 0 spiro atoms. The number of aryl methyl sites for hydroxylation is 3. The highest BCUT2D eigenvalue weighted by Gasteiger charge is 2.19. The summed E-state index contributed by atoms with van der Waals surface area (Å²) in [5.74, 6) is -0.122. The van der Waals surface area contributed by atoms with E-state index in [1.165, 1.54) is 23.1 Å². The van der Waals surface area contributed by atoms with Crippen molar-refractivity contribution in [3.8, 4) is 5.75 Å². The number of amides is 1. The first-order valence-electron chi connectivity index (χ1n) is 8.61. The van der Waals surface area contributed by atoms with E-state index >= 15 is 0 Å². The van der Waals surface area contributed by atoms with Gasteiger partial charge in [0, 0.05) is 11.1 Å². The minimum atomic E-state index is -0.493. The molecule has 0 bridgehead atoms. The highest BCUT2D eigenvalue weighted by molar-refractivity contribution is 7.16. The third-order valence-electron chi connectivity index (χ3n) is 4.06. The van der Waals surface area contributed by atoms with Crippen LogP contribution in [0.15, 0.2) is 36.5 Å². The second-order valence-corrected chi connectivity index (χ2v) is 7.58. The number of anilines is 1. The molecule has 0 fully saturated rings. The van der Waals surface area contributed by atoms with Gasteiger partial charge in [0.05, 0.1) is 12.7 Å². The molecule has 146 valence electrons. The Kier molecular flexibility index (Phi) is 5.79. The van der Waals surface area contributed by atoms with Crippen LogP contribution in [0.25, 0.3) is 0 Å². The molecule has 0 aliphatic heterocycles. The molecule has 3 aromatic rings. The minimum absolute atomic E-state index is 0.184. The van der Waals surface area contributed by atoms with Crippen molar-refractivity contribution in [1.82, 2.24) is 9.78 Å². The number of ether oxygens (including phenoxy) is 2. The van der Waals surface area contributed by atoms with Gasteiger partial charge in [0.2, 0.25) is 0 Å². The Bertz CT molecular complexity index is 1020. The van der Waals surface area contributed by atoms with E-state index in [0.717, 1.165) is 21.8 Å². The number of esters is 1. The zero-order chi connectivity index (χ0) is 20.3. The molecule has 1 N–H and O–H groups in total. The number of hydrogen-bond donors (Lipinski definition) is 1. The molecular formula is C20H21N3O4S. The van der Waals surface area contributed by atoms with Crippen LogP contribution < -0.4 is 10.1 Å². The maximum atomic E-state index is 12.5. The van der Waals surface area contributed by atoms with Crippen molar-refractivity contribution in [2.24, 2.45) is 0 Å². The molecule has 0 unspecified atom stereocenters. The Balaban J connectivity index is 1.68. The third-order valence-corrected chi connectivity index (χ3v) is 5.02. The lowest BCUT2D eigenvalue weighted by Crippen LogP contribution is -2.15. The van der Waals surface area contributed by atoms with Gasteiger partial charge in [-0.2, -0.15) is 5.10 Å². The molecular weight excluding hydrogens is 378 g/mol. The SMILES string of the molecule is COC(=O)c1cc(C)sc1NC(=O)c1ccn(COc2cc(C)ccc2C)n1. The number of carbonyl (C=O) groups is 2. The van der Waals surface area contributed by atoms with Gasteiger partial charge in [0.15, 0.2) is 12.4 Å². The Morgan fingerprint density at radius 2 is 1.96 bits per heavy atom. The predicted octanol–water partition coefficient (Wildman–Crippen LogP) is 3.95. The highest BCUT2D eigenvalue weighted by Crippen LogP contribution is 2.28. The minimum Gasteiger partial charge on any atom is -0.471 e. The number of nitrogens with one attached hydrogen (secondary N) is 1. The van der Waals surface area contributed by atoms with E-state index < -0.39 is 11.9 Å². The van der Waals surface area contributed by atoms with Crippen LogP contribution >= 0.6 is 11.3 Å². The smallest absolute Gasteiger partial charge is 0.340 e. The van der Waals surface area contributed by atoms with Crippen LogP contribution in [-0.2, 0) is 11.5 Å². The van der Waals surface area contributed by atoms with Crippen LogP contribution in [0, 0.1) is 20.8 Å². The predicted molar refractivity (Wildman–Crippen MR) is 107 cm³/mol. The van der Waals surface area contributed by atoms with Gasteiger partial charge >= 0.3 is 5.97 Å². The normalized spacial score (nSPS) is 10.6. The van der Waals surface area contributed by atoms with E-state index in [4.69, 9.17) is 9.47 Å². The molecule has 0 saturated carbocycles. The number of carbonyl (C=O) groups excluding carboxylic acids is 2. The van der Waals surface area contributed by atoms with Crippen LogP contribution in [0.2, 0.25) is 0 Å². The number of hydrogen-bond acceptors (Lipinski definition) is 6. The topological polar surface area (TPSA) is 82.5 Å². The molecule has 0 aliphatic carbocycles. The molecule has 0 atom stereocenters. The summed E-state index contributed by atoms with van der Waals surface area (Å²) in [4.78, 5) is 25.2. The van der Waals surface area contributed by atoms with E-state index in [2.05, 4.69) is 10.4 Å². The van der Waals surface area contributed by atoms with Crippen LogP contribution in [0.3, 0.4) is 0 Å². The van der Waals surface area contributed by atoms with Crippen molar-refractivity contribution >= 4 is 28.2 Å². The highest BCUT2D eigenvalue weighted by atomic mass is 32.1. The summed E-state index contributed by atoms with van der Waals surface area (Å²) in [5, 5.41) is 7.41. The molecule has 28 heavy (non-hydrogen) atoms. The van der Waals surface area contributed by atoms with Crippen molar-refractivity contribution < 1.29 is 19.1 Å². The monoisotopic (exact) mass is 399 g/mol. The lowest BCUT2D eigenvalue weighted by molar-refractivity contribution is 0.0602. The van der Waals surface area contributed by atoms with Crippen molar-refractivity contribution in [1.29, 1.82) is 0 Å². The van der Waals surface area contributed by atoms with Gasteiger partial charge < -0.3 is 14.8 Å². The van der Waals surface area contributed by atoms with E-state index in [9.17, 15) is 9.59 Å². The van der Waals surface area contributed by atoms with E-state index in [-0.39, 0.29) is 12.4 Å². The average molecular weight is 399 g/mol. The summed E-state index contributed by atoms with van der Waals surface area (Å²) in [7, 11) is 1.30. The summed E-state index contributed by atoms with van der Waals surface area (Å²) in [5.41, 5.74) is 2.69. The summed E-state index contributed by atoms with van der Waals surface area (Å²) >= 11 is 1.31. The fourth-order valence-electron chi connectivity index (χ4n) is 2.59. The number of rotatable bonds is 6. The van der Waals surface area contributed by atoms with Gasteiger partial charge in [-0.3, -0.25) is 4.79 Å². The van der Waals surface area contributed by atoms with Crippen molar-refractivity contribution in [2.75, 3.05) is 12.4 Å². The molecule has 2 aromatic heterocycles. The first-order valence-corrected chi connectivity index (χ1v) is 9.42. The number of nitrogens with zero attached hydrogens (tertiary/aromatic N) is 2. The Morgan fingerprint density at radius 3 is 2.71 bits per heavy atom. The number of methoxy groups -OCH3 is 1.